The molecule has 3 fully saturated rings. The van der Waals surface area contributed by atoms with Crippen LogP contribution in [0, 0.1) is 22.2 Å². The van der Waals surface area contributed by atoms with Crippen molar-refractivity contribution in [3.8, 4) is 0 Å². The summed E-state index contributed by atoms with van der Waals surface area (Å²) in [6.45, 7) is 12.0. The summed E-state index contributed by atoms with van der Waals surface area (Å²) in [6.07, 6.45) is 8.63. The second-order valence-corrected chi connectivity index (χ2v) is 6.99. The smallest absolute Gasteiger partial charge is 0.00515 e. The predicted molar refractivity (Wildman–Crippen MR) is 64.7 cm³/mol. The van der Waals surface area contributed by atoms with Crippen LogP contribution in [-0.2, 0) is 0 Å². The average Bonchev–Trinajstić information content (AvgIpc) is 2.74. The number of allylic oxidation sites excluding steroid dienone is 1. The molecule has 3 rings (SSSR count). The van der Waals surface area contributed by atoms with Gasteiger partial charge in [0.15, 0.2) is 0 Å². The minimum absolute atomic E-state index is 0.446. The summed E-state index contributed by atoms with van der Waals surface area (Å²) >= 11 is 0. The predicted octanol–water partition coefficient (Wildman–Crippen LogP) is 4.56. The fourth-order valence-corrected chi connectivity index (χ4v) is 5.42. The molecule has 0 N–H and O–H groups in total. The molecule has 84 valence electrons. The van der Waals surface area contributed by atoms with E-state index in [4.69, 9.17) is 0 Å². The Morgan fingerprint density at radius 1 is 1.07 bits per heavy atom. The lowest BCUT2D eigenvalue weighted by Crippen LogP contribution is -2.29. The van der Waals surface area contributed by atoms with E-state index in [1.165, 1.54) is 38.5 Å². The van der Waals surface area contributed by atoms with Crippen LogP contribution in [0.2, 0.25) is 0 Å². The first-order chi connectivity index (χ1) is 6.95. The molecule has 0 radical (unpaired) electrons. The van der Waals surface area contributed by atoms with Gasteiger partial charge >= 0.3 is 0 Å². The molecule has 0 amide bonds. The van der Waals surface area contributed by atoms with E-state index in [1.54, 1.807) is 5.57 Å². The maximum absolute atomic E-state index is 4.54. The van der Waals surface area contributed by atoms with Crippen molar-refractivity contribution in [3.05, 3.63) is 12.2 Å². The first-order valence-electron chi connectivity index (χ1n) is 6.65. The van der Waals surface area contributed by atoms with Gasteiger partial charge in [0.2, 0.25) is 0 Å². The maximum Gasteiger partial charge on any atom is -0.00515 e. The Morgan fingerprint density at radius 3 is 2.13 bits per heavy atom. The van der Waals surface area contributed by atoms with Crippen molar-refractivity contribution < 1.29 is 0 Å². The molecule has 0 heterocycles. The highest BCUT2D eigenvalue weighted by Gasteiger charge is 2.68. The molecule has 3 saturated carbocycles. The molecule has 3 aliphatic rings. The SMILES string of the molecule is C=C1C2(CCCC2)C2CCC1(C)C2(C)C. The van der Waals surface area contributed by atoms with Gasteiger partial charge in [0.05, 0.1) is 0 Å². The number of hydrogen-bond donors (Lipinski definition) is 0. The van der Waals surface area contributed by atoms with Crippen LogP contribution in [0.3, 0.4) is 0 Å². The van der Waals surface area contributed by atoms with Crippen molar-refractivity contribution in [2.24, 2.45) is 22.2 Å². The Bertz CT molecular complexity index is 317. The largest absolute Gasteiger partial charge is 0.0987 e. The second kappa shape index (κ2) is 2.52. The first-order valence-corrected chi connectivity index (χ1v) is 6.65. The van der Waals surface area contributed by atoms with Crippen LogP contribution in [0.5, 0.6) is 0 Å². The quantitative estimate of drug-likeness (QED) is 0.507. The van der Waals surface area contributed by atoms with E-state index >= 15 is 0 Å². The summed E-state index contributed by atoms with van der Waals surface area (Å²) in [7, 11) is 0. The van der Waals surface area contributed by atoms with Gasteiger partial charge in [-0.3, -0.25) is 0 Å². The molecule has 2 atom stereocenters. The van der Waals surface area contributed by atoms with Crippen molar-refractivity contribution in [2.45, 2.75) is 59.3 Å². The van der Waals surface area contributed by atoms with Gasteiger partial charge < -0.3 is 0 Å². The maximum atomic E-state index is 4.54. The lowest BCUT2D eigenvalue weighted by Gasteiger charge is -2.39. The molecule has 0 nitrogen and oxygen atoms in total. The Hall–Kier alpha value is -0.260. The van der Waals surface area contributed by atoms with Gasteiger partial charge in [-0.2, -0.15) is 0 Å². The van der Waals surface area contributed by atoms with Crippen molar-refractivity contribution in [3.63, 3.8) is 0 Å². The molecular weight excluding hydrogens is 180 g/mol. The third-order valence-electron chi connectivity index (χ3n) is 6.66. The third kappa shape index (κ3) is 0.831. The Balaban J connectivity index is 2.14. The van der Waals surface area contributed by atoms with Crippen LogP contribution in [0.25, 0.3) is 0 Å². The van der Waals surface area contributed by atoms with E-state index < -0.39 is 0 Å². The normalized spacial score (nSPS) is 45.5. The van der Waals surface area contributed by atoms with E-state index in [9.17, 15) is 0 Å². The van der Waals surface area contributed by atoms with Gasteiger partial charge in [0.25, 0.3) is 0 Å². The third-order valence-corrected chi connectivity index (χ3v) is 6.66. The van der Waals surface area contributed by atoms with Crippen LogP contribution < -0.4 is 0 Å². The fourth-order valence-electron chi connectivity index (χ4n) is 5.42. The molecule has 0 heteroatoms. The summed E-state index contributed by atoms with van der Waals surface area (Å²) in [5, 5.41) is 0. The summed E-state index contributed by atoms with van der Waals surface area (Å²) < 4.78 is 0. The van der Waals surface area contributed by atoms with Gasteiger partial charge in [-0.05, 0) is 47.8 Å². The molecule has 0 aromatic rings. The zero-order valence-corrected chi connectivity index (χ0v) is 10.5. The molecule has 15 heavy (non-hydrogen) atoms. The zero-order valence-electron chi connectivity index (χ0n) is 10.5. The molecule has 3 aliphatic carbocycles. The Kier molecular flexibility index (Phi) is 1.67. The van der Waals surface area contributed by atoms with Crippen LogP contribution in [0.15, 0.2) is 12.2 Å². The molecule has 0 saturated heterocycles. The highest BCUT2D eigenvalue weighted by atomic mass is 14.7. The van der Waals surface area contributed by atoms with Crippen LogP contribution in [0.1, 0.15) is 59.3 Å². The van der Waals surface area contributed by atoms with E-state index in [0.29, 0.717) is 16.2 Å². The standard InChI is InChI=1S/C15H24/c1-11-14(4)10-7-12(13(14,2)3)15(11)8-5-6-9-15/h12H,1,5-10H2,2-4H3. The average molecular weight is 204 g/mol. The highest BCUT2D eigenvalue weighted by molar-refractivity contribution is 5.36. The monoisotopic (exact) mass is 204 g/mol. The first kappa shape index (κ1) is 9.93. The highest BCUT2D eigenvalue weighted by Crippen LogP contribution is 2.77. The topological polar surface area (TPSA) is 0 Å². The van der Waals surface area contributed by atoms with E-state index in [1.807, 2.05) is 0 Å². The van der Waals surface area contributed by atoms with Gasteiger partial charge in [0.1, 0.15) is 0 Å². The van der Waals surface area contributed by atoms with Crippen molar-refractivity contribution in [1.29, 1.82) is 0 Å². The lowest BCUT2D eigenvalue weighted by molar-refractivity contribution is 0.140. The number of hydrogen-bond acceptors (Lipinski definition) is 0. The van der Waals surface area contributed by atoms with Crippen molar-refractivity contribution in [2.75, 3.05) is 0 Å². The van der Waals surface area contributed by atoms with E-state index in [-0.39, 0.29) is 0 Å². The molecule has 2 bridgehead atoms. The van der Waals surface area contributed by atoms with Gasteiger partial charge in [-0.1, -0.05) is 45.8 Å². The molecular formula is C15H24. The Morgan fingerprint density at radius 2 is 1.67 bits per heavy atom. The van der Waals surface area contributed by atoms with Gasteiger partial charge in [0, 0.05) is 0 Å². The number of rotatable bonds is 0. The van der Waals surface area contributed by atoms with Crippen molar-refractivity contribution >= 4 is 0 Å². The van der Waals surface area contributed by atoms with Crippen LogP contribution in [0.4, 0.5) is 0 Å². The summed E-state index contributed by atoms with van der Waals surface area (Å²) in [5.74, 6) is 0.935. The second-order valence-electron chi connectivity index (χ2n) is 6.99. The molecule has 0 aromatic carbocycles. The van der Waals surface area contributed by atoms with Crippen LogP contribution in [-0.4, -0.2) is 0 Å². The minimum atomic E-state index is 0.446. The summed E-state index contributed by atoms with van der Waals surface area (Å²) in [5.41, 5.74) is 3.15. The van der Waals surface area contributed by atoms with Crippen LogP contribution >= 0.6 is 0 Å². The lowest BCUT2D eigenvalue weighted by atomic mass is 9.66. The molecule has 1 spiro atoms. The number of fused-ring (bicyclic) bond motifs is 3. The van der Waals surface area contributed by atoms with Gasteiger partial charge in [-0.25, -0.2) is 0 Å². The summed E-state index contributed by atoms with van der Waals surface area (Å²) in [4.78, 5) is 0. The molecule has 2 unspecified atom stereocenters. The fraction of sp³-hybridized carbons (Fsp3) is 0.867. The molecule has 0 aromatic heterocycles. The zero-order chi connectivity index (χ0) is 10.9. The van der Waals surface area contributed by atoms with E-state index in [0.717, 1.165) is 5.92 Å². The van der Waals surface area contributed by atoms with E-state index in [2.05, 4.69) is 27.4 Å². The summed E-state index contributed by atoms with van der Waals surface area (Å²) in [6, 6.07) is 0. The Labute approximate surface area is 94.1 Å². The molecule has 0 aliphatic heterocycles. The van der Waals surface area contributed by atoms with Gasteiger partial charge in [-0.15, -0.1) is 0 Å². The minimum Gasteiger partial charge on any atom is -0.0987 e. The van der Waals surface area contributed by atoms with Crippen molar-refractivity contribution in [1.82, 2.24) is 0 Å².